The number of rotatable bonds is 7. The molecule has 1 unspecified atom stereocenters. The third-order valence-corrected chi connectivity index (χ3v) is 8.93. The van der Waals surface area contributed by atoms with E-state index < -0.39 is 20.7 Å². The fourth-order valence-electron chi connectivity index (χ4n) is 5.19. The molecule has 3 aromatic rings. The highest BCUT2D eigenvalue weighted by Crippen LogP contribution is 2.44. The van der Waals surface area contributed by atoms with Gasteiger partial charge in [-0.3, -0.25) is 0 Å². The molecule has 1 aliphatic heterocycles. The highest BCUT2D eigenvalue weighted by atomic mass is 28.3. The molecule has 1 aromatic heterocycles. The summed E-state index contributed by atoms with van der Waals surface area (Å²) in [6.45, 7) is 4.60. The van der Waals surface area contributed by atoms with Crippen molar-refractivity contribution in [1.29, 1.82) is 0 Å². The number of aliphatic hydroxyl groups excluding tert-OH is 1. The molecule has 6 nitrogen and oxygen atoms in total. The van der Waals surface area contributed by atoms with Crippen LogP contribution in [0.5, 0.6) is 0 Å². The highest BCUT2D eigenvalue weighted by molar-refractivity contribution is 6.64. The number of ether oxygens (including phenoxy) is 1. The molecule has 0 amide bonds. The quantitative estimate of drug-likeness (QED) is 0.365. The van der Waals surface area contributed by atoms with Crippen LogP contribution in [0.1, 0.15) is 62.1 Å². The van der Waals surface area contributed by atoms with Gasteiger partial charge in [0.15, 0.2) is 0 Å². The van der Waals surface area contributed by atoms with Crippen molar-refractivity contribution in [1.82, 2.24) is 9.55 Å². The number of nitrogens with zero attached hydrogens (tertiary/aromatic N) is 2. The normalized spacial score (nSPS) is 24.2. The van der Waals surface area contributed by atoms with Crippen molar-refractivity contribution in [3.05, 3.63) is 72.1 Å². The van der Waals surface area contributed by atoms with Crippen molar-refractivity contribution in [2.45, 2.75) is 69.4 Å². The number of benzene rings is 2. The van der Waals surface area contributed by atoms with Gasteiger partial charge in [-0.1, -0.05) is 48.2 Å². The molecule has 0 spiro atoms. The number of hydrogen-bond donors (Lipinski definition) is 2. The van der Waals surface area contributed by atoms with Crippen LogP contribution in [0.2, 0.25) is 6.55 Å². The average Bonchev–Trinajstić information content (AvgIpc) is 3.39. The summed E-state index contributed by atoms with van der Waals surface area (Å²) in [6, 6.07) is 16.4. The first-order chi connectivity index (χ1) is 17.9. The molecule has 7 heteroatoms. The third-order valence-electron chi connectivity index (χ3n) is 7.29. The lowest BCUT2D eigenvalue weighted by Crippen LogP contribution is -2.43. The SMILES string of the molecule is C[Si](OC1CCCCO1)c1nccn1[C@@H](C#Cc1ccc(-c2ccc(C3CC(C)(O)C3)cc2)cc1)CO. The number of hydrogen-bond acceptors (Lipinski definition) is 5. The Balaban J connectivity index is 1.24. The Morgan fingerprint density at radius 3 is 2.46 bits per heavy atom. The van der Waals surface area contributed by atoms with E-state index in [9.17, 15) is 10.2 Å². The Bertz CT molecular complexity index is 1230. The van der Waals surface area contributed by atoms with Gasteiger partial charge >= 0.3 is 0 Å². The van der Waals surface area contributed by atoms with Crippen molar-refractivity contribution in [2.24, 2.45) is 0 Å². The van der Waals surface area contributed by atoms with Gasteiger partial charge in [-0.05, 0) is 80.3 Å². The van der Waals surface area contributed by atoms with Crippen LogP contribution in [0.15, 0.2) is 60.9 Å². The second kappa shape index (κ2) is 11.3. The Kier molecular flexibility index (Phi) is 7.94. The highest BCUT2D eigenvalue weighted by Gasteiger charge is 2.38. The van der Waals surface area contributed by atoms with Crippen LogP contribution in [-0.4, -0.2) is 53.9 Å². The van der Waals surface area contributed by atoms with E-state index in [4.69, 9.17) is 9.16 Å². The number of aromatic nitrogens is 2. The molecule has 2 N–H and O–H groups in total. The molecule has 2 fully saturated rings. The predicted molar refractivity (Wildman–Crippen MR) is 146 cm³/mol. The van der Waals surface area contributed by atoms with E-state index in [1.807, 2.05) is 29.8 Å². The zero-order valence-corrected chi connectivity index (χ0v) is 22.6. The summed E-state index contributed by atoms with van der Waals surface area (Å²) in [4.78, 5) is 4.52. The average molecular weight is 516 g/mol. The van der Waals surface area contributed by atoms with Crippen molar-refractivity contribution in [3.8, 4) is 23.0 Å². The summed E-state index contributed by atoms with van der Waals surface area (Å²) in [5.41, 5.74) is 4.80. The third kappa shape index (κ3) is 6.23. The molecule has 2 aromatic carbocycles. The van der Waals surface area contributed by atoms with Gasteiger partial charge < -0.3 is 23.9 Å². The summed E-state index contributed by atoms with van der Waals surface area (Å²) >= 11 is 0. The molecule has 2 aliphatic rings. The smallest absolute Gasteiger partial charge is 0.289 e. The monoisotopic (exact) mass is 515 g/mol. The molecule has 37 heavy (non-hydrogen) atoms. The van der Waals surface area contributed by atoms with E-state index in [2.05, 4.69) is 59.8 Å². The van der Waals surface area contributed by atoms with Crippen molar-refractivity contribution in [3.63, 3.8) is 0 Å². The molecule has 5 rings (SSSR count). The van der Waals surface area contributed by atoms with Crippen LogP contribution in [0.25, 0.3) is 11.1 Å². The summed E-state index contributed by atoms with van der Waals surface area (Å²) in [5, 5.41) is 20.1. The first-order valence-electron chi connectivity index (χ1n) is 13.1. The van der Waals surface area contributed by atoms with Crippen molar-refractivity contribution >= 4 is 14.5 Å². The zero-order chi connectivity index (χ0) is 25.8. The maximum Gasteiger partial charge on any atom is 0.289 e. The lowest BCUT2D eigenvalue weighted by Gasteiger charge is -2.41. The molecule has 0 bridgehead atoms. The Morgan fingerprint density at radius 1 is 1.14 bits per heavy atom. The lowest BCUT2D eigenvalue weighted by molar-refractivity contribution is -0.107. The molecule has 1 saturated heterocycles. The molecule has 1 saturated carbocycles. The molecule has 2 heterocycles. The lowest BCUT2D eigenvalue weighted by atomic mass is 9.69. The van der Waals surface area contributed by atoms with Gasteiger partial charge in [0, 0.05) is 24.6 Å². The first-order valence-corrected chi connectivity index (χ1v) is 15.0. The molecular formula is C30H35N2O4Si. The topological polar surface area (TPSA) is 76.7 Å². The fourth-order valence-corrected chi connectivity index (χ4v) is 6.73. The van der Waals surface area contributed by atoms with Gasteiger partial charge in [0.25, 0.3) is 9.04 Å². The number of imidazole rings is 1. The Morgan fingerprint density at radius 2 is 1.84 bits per heavy atom. The van der Waals surface area contributed by atoms with E-state index in [0.717, 1.165) is 60.8 Å². The minimum absolute atomic E-state index is 0.105. The summed E-state index contributed by atoms with van der Waals surface area (Å²) in [6.07, 6.45) is 8.22. The fraction of sp³-hybridized carbons (Fsp3) is 0.433. The van der Waals surface area contributed by atoms with Crippen LogP contribution < -0.4 is 5.45 Å². The first kappa shape index (κ1) is 25.9. The van der Waals surface area contributed by atoms with Crippen molar-refractivity contribution in [2.75, 3.05) is 13.2 Å². The Hall–Kier alpha value is -2.73. The van der Waals surface area contributed by atoms with Crippen LogP contribution in [0.4, 0.5) is 0 Å². The van der Waals surface area contributed by atoms with E-state index in [1.165, 1.54) is 5.56 Å². The van der Waals surface area contributed by atoms with Gasteiger partial charge in [0.2, 0.25) is 0 Å². The van der Waals surface area contributed by atoms with Gasteiger partial charge in [0.1, 0.15) is 17.8 Å². The van der Waals surface area contributed by atoms with E-state index in [-0.39, 0.29) is 12.9 Å². The maximum atomic E-state index is 10.1. The van der Waals surface area contributed by atoms with E-state index in [1.54, 1.807) is 6.20 Å². The van der Waals surface area contributed by atoms with Crippen molar-refractivity contribution < 1.29 is 19.4 Å². The Labute approximate surface area is 221 Å². The number of aliphatic hydroxyl groups is 2. The molecule has 193 valence electrons. The zero-order valence-electron chi connectivity index (χ0n) is 21.6. The minimum atomic E-state index is -1.40. The van der Waals surface area contributed by atoms with Gasteiger partial charge in [-0.2, -0.15) is 0 Å². The molecule has 1 aliphatic carbocycles. The second-order valence-corrected chi connectivity index (χ2v) is 12.2. The van der Waals surface area contributed by atoms with Gasteiger partial charge in [-0.15, -0.1) is 0 Å². The second-order valence-electron chi connectivity index (χ2n) is 10.4. The van der Waals surface area contributed by atoms with Gasteiger partial charge in [0.05, 0.1) is 12.2 Å². The molecular weight excluding hydrogens is 480 g/mol. The summed E-state index contributed by atoms with van der Waals surface area (Å²) in [7, 11) is -1.40. The van der Waals surface area contributed by atoms with E-state index in [0.29, 0.717) is 5.92 Å². The molecule has 1 radical (unpaired) electrons. The largest absolute Gasteiger partial charge is 0.393 e. The van der Waals surface area contributed by atoms with Crippen LogP contribution >= 0.6 is 0 Å². The van der Waals surface area contributed by atoms with Crippen LogP contribution in [0, 0.1) is 11.8 Å². The van der Waals surface area contributed by atoms with E-state index >= 15 is 0 Å². The van der Waals surface area contributed by atoms with Gasteiger partial charge in [-0.25, -0.2) is 4.98 Å². The summed E-state index contributed by atoms with van der Waals surface area (Å²) < 4.78 is 13.8. The minimum Gasteiger partial charge on any atom is -0.393 e. The van der Waals surface area contributed by atoms with Crippen LogP contribution in [0.3, 0.4) is 0 Å². The summed E-state index contributed by atoms with van der Waals surface area (Å²) in [5.74, 6) is 6.89. The molecule has 2 atom stereocenters. The predicted octanol–water partition coefficient (Wildman–Crippen LogP) is 4.14. The van der Waals surface area contributed by atoms with Crippen LogP contribution in [-0.2, 0) is 9.16 Å². The standard InChI is InChI=1S/C30H35N2O4Si/c1-30(34)19-26(20-30)25-13-11-24(12-14-25)23-9-6-22(7-10-23)8-15-27(21-33)32-17-16-31-29(32)37(2)36-28-5-3-4-18-35-28/h6-7,9-14,16-17,26-28,33-34H,3-5,18-21H2,1-2H3/t26?,27-,28?,30?/m0/s1. The maximum absolute atomic E-state index is 10.1.